The molecule has 0 aliphatic heterocycles. The molecule has 0 aliphatic carbocycles. The van der Waals surface area contributed by atoms with Gasteiger partial charge in [-0.25, -0.2) is 4.98 Å². The molecular weight excluding hydrogens is 288 g/mol. The van der Waals surface area contributed by atoms with E-state index in [9.17, 15) is 0 Å². The number of halogens is 1. The predicted octanol–water partition coefficient (Wildman–Crippen LogP) is 4.16. The van der Waals surface area contributed by atoms with E-state index < -0.39 is 0 Å². The number of ether oxygens (including phenoxy) is 2. The average molecular weight is 311 g/mol. The molecule has 0 saturated heterocycles. The van der Waals surface area contributed by atoms with E-state index in [-0.39, 0.29) is 11.5 Å². The summed E-state index contributed by atoms with van der Waals surface area (Å²) >= 11 is 6.30. The van der Waals surface area contributed by atoms with E-state index in [4.69, 9.17) is 26.1 Å². The first-order valence-corrected chi connectivity index (χ1v) is 7.77. The number of fused-ring (bicyclic) bond motifs is 1. The summed E-state index contributed by atoms with van der Waals surface area (Å²) < 4.78 is 13.2. The number of benzene rings is 1. The standard InChI is InChI=1S/C16H23ClN2O2/c1-11(2)21-14-8-5-7-13-15(14)18-16(12(3)17)19(13)9-6-10-20-4/h5,7-8,11-12H,6,9-10H2,1-4H3. The maximum atomic E-state index is 6.30. The first-order valence-electron chi connectivity index (χ1n) is 7.33. The number of aryl methyl sites for hydroxylation is 1. The van der Waals surface area contributed by atoms with Crippen LogP contribution in [0.2, 0.25) is 0 Å². The zero-order valence-electron chi connectivity index (χ0n) is 13.1. The normalized spacial score (nSPS) is 13.0. The van der Waals surface area contributed by atoms with Crippen molar-refractivity contribution >= 4 is 22.6 Å². The Hall–Kier alpha value is -1.26. The SMILES string of the molecule is COCCCn1c(C(C)Cl)nc2c(OC(C)C)cccc21. The highest BCUT2D eigenvalue weighted by Crippen LogP contribution is 2.30. The highest BCUT2D eigenvalue weighted by atomic mass is 35.5. The molecule has 0 N–H and O–H groups in total. The van der Waals surface area contributed by atoms with Crippen molar-refractivity contribution in [2.45, 2.75) is 45.2 Å². The van der Waals surface area contributed by atoms with Crippen molar-refractivity contribution in [3.05, 3.63) is 24.0 Å². The van der Waals surface area contributed by atoms with Crippen molar-refractivity contribution in [2.75, 3.05) is 13.7 Å². The molecule has 4 nitrogen and oxygen atoms in total. The van der Waals surface area contributed by atoms with Crippen molar-refractivity contribution in [3.63, 3.8) is 0 Å². The number of para-hydroxylation sites is 1. The van der Waals surface area contributed by atoms with Gasteiger partial charge in [-0.2, -0.15) is 0 Å². The van der Waals surface area contributed by atoms with E-state index in [0.717, 1.165) is 42.2 Å². The molecule has 0 radical (unpaired) electrons. The van der Waals surface area contributed by atoms with E-state index in [1.54, 1.807) is 7.11 Å². The summed E-state index contributed by atoms with van der Waals surface area (Å²) in [6, 6.07) is 6.01. The summed E-state index contributed by atoms with van der Waals surface area (Å²) in [5.74, 6) is 1.69. The van der Waals surface area contributed by atoms with Gasteiger partial charge in [-0.05, 0) is 39.3 Å². The van der Waals surface area contributed by atoms with E-state index in [1.165, 1.54) is 0 Å². The Kier molecular flexibility index (Phi) is 5.48. The molecule has 116 valence electrons. The van der Waals surface area contributed by atoms with Crippen molar-refractivity contribution in [3.8, 4) is 5.75 Å². The summed E-state index contributed by atoms with van der Waals surface area (Å²) in [4.78, 5) is 4.71. The Balaban J connectivity index is 2.46. The van der Waals surface area contributed by atoms with Crippen LogP contribution in [-0.4, -0.2) is 29.4 Å². The fourth-order valence-electron chi connectivity index (χ4n) is 2.39. The zero-order chi connectivity index (χ0) is 15.4. The fourth-order valence-corrected chi connectivity index (χ4v) is 2.56. The number of imidazole rings is 1. The number of rotatable bonds is 7. The van der Waals surface area contributed by atoms with E-state index in [2.05, 4.69) is 10.6 Å². The Morgan fingerprint density at radius 2 is 2.05 bits per heavy atom. The van der Waals surface area contributed by atoms with Gasteiger partial charge in [0.05, 0.1) is 17.0 Å². The molecule has 0 saturated carbocycles. The maximum Gasteiger partial charge on any atom is 0.147 e. The lowest BCUT2D eigenvalue weighted by atomic mass is 10.3. The topological polar surface area (TPSA) is 36.3 Å². The smallest absolute Gasteiger partial charge is 0.147 e. The summed E-state index contributed by atoms with van der Waals surface area (Å²) in [5.41, 5.74) is 1.94. The van der Waals surface area contributed by atoms with Crippen molar-refractivity contribution < 1.29 is 9.47 Å². The third-order valence-electron chi connectivity index (χ3n) is 3.22. The summed E-state index contributed by atoms with van der Waals surface area (Å²) in [5, 5.41) is -0.146. The average Bonchev–Trinajstić information content (AvgIpc) is 2.79. The Labute approximate surface area is 131 Å². The maximum absolute atomic E-state index is 6.30. The molecule has 1 atom stereocenters. The van der Waals surface area contributed by atoms with Crippen molar-refractivity contribution in [1.82, 2.24) is 9.55 Å². The summed E-state index contributed by atoms with van der Waals surface area (Å²) in [7, 11) is 1.71. The molecular formula is C16H23ClN2O2. The van der Waals surface area contributed by atoms with Crippen molar-refractivity contribution in [2.24, 2.45) is 0 Å². The largest absolute Gasteiger partial charge is 0.489 e. The summed E-state index contributed by atoms with van der Waals surface area (Å²) in [6.07, 6.45) is 1.04. The van der Waals surface area contributed by atoms with Crippen LogP contribution in [0, 0.1) is 0 Å². The van der Waals surface area contributed by atoms with Gasteiger partial charge >= 0.3 is 0 Å². The minimum Gasteiger partial charge on any atom is -0.489 e. The van der Waals surface area contributed by atoms with Crippen LogP contribution in [0.5, 0.6) is 5.75 Å². The first-order chi connectivity index (χ1) is 10.0. The Bertz CT molecular complexity index is 593. The van der Waals surface area contributed by atoms with Gasteiger partial charge in [0.2, 0.25) is 0 Å². The molecule has 0 fully saturated rings. The van der Waals surface area contributed by atoms with Crippen LogP contribution < -0.4 is 4.74 Å². The molecule has 1 aromatic carbocycles. The minimum atomic E-state index is -0.146. The number of alkyl halides is 1. The second-order valence-corrected chi connectivity index (χ2v) is 6.03. The van der Waals surface area contributed by atoms with Crippen molar-refractivity contribution in [1.29, 1.82) is 0 Å². The van der Waals surface area contributed by atoms with E-state index in [0.29, 0.717) is 0 Å². The molecule has 1 aromatic heterocycles. The van der Waals surface area contributed by atoms with Crippen LogP contribution in [0.25, 0.3) is 11.0 Å². The molecule has 1 heterocycles. The van der Waals surface area contributed by atoms with Gasteiger partial charge in [-0.1, -0.05) is 6.07 Å². The van der Waals surface area contributed by atoms with Crippen LogP contribution in [0.4, 0.5) is 0 Å². The highest BCUT2D eigenvalue weighted by molar-refractivity contribution is 6.20. The van der Waals surface area contributed by atoms with Crippen LogP contribution in [-0.2, 0) is 11.3 Å². The lowest BCUT2D eigenvalue weighted by Gasteiger charge is -2.11. The van der Waals surface area contributed by atoms with Gasteiger partial charge < -0.3 is 14.0 Å². The number of nitrogens with zero attached hydrogens (tertiary/aromatic N) is 2. The molecule has 21 heavy (non-hydrogen) atoms. The zero-order valence-corrected chi connectivity index (χ0v) is 13.9. The Morgan fingerprint density at radius 3 is 2.67 bits per heavy atom. The third kappa shape index (κ3) is 3.69. The van der Waals surface area contributed by atoms with Gasteiger partial charge in [0.1, 0.15) is 17.1 Å². The van der Waals surface area contributed by atoms with Crippen LogP contribution in [0.3, 0.4) is 0 Å². The van der Waals surface area contributed by atoms with Crippen LogP contribution >= 0.6 is 11.6 Å². The van der Waals surface area contributed by atoms with E-state index in [1.807, 2.05) is 32.9 Å². The molecule has 1 unspecified atom stereocenters. The molecule has 5 heteroatoms. The van der Waals surface area contributed by atoms with Gasteiger partial charge in [-0.3, -0.25) is 0 Å². The monoisotopic (exact) mass is 310 g/mol. The quantitative estimate of drug-likeness (QED) is 0.569. The van der Waals surface area contributed by atoms with Crippen LogP contribution in [0.15, 0.2) is 18.2 Å². The van der Waals surface area contributed by atoms with Gasteiger partial charge in [-0.15, -0.1) is 11.6 Å². The highest BCUT2D eigenvalue weighted by Gasteiger charge is 2.17. The van der Waals surface area contributed by atoms with Gasteiger partial charge in [0.25, 0.3) is 0 Å². The number of methoxy groups -OCH3 is 1. The number of hydrogen-bond donors (Lipinski definition) is 0. The second-order valence-electron chi connectivity index (χ2n) is 5.37. The second kappa shape index (κ2) is 7.14. The molecule has 2 aromatic rings. The molecule has 0 amide bonds. The molecule has 0 spiro atoms. The van der Waals surface area contributed by atoms with E-state index >= 15 is 0 Å². The number of hydrogen-bond acceptors (Lipinski definition) is 3. The fraction of sp³-hybridized carbons (Fsp3) is 0.562. The minimum absolute atomic E-state index is 0.117. The Morgan fingerprint density at radius 1 is 1.29 bits per heavy atom. The predicted molar refractivity (Wildman–Crippen MR) is 86.3 cm³/mol. The lowest BCUT2D eigenvalue weighted by Crippen LogP contribution is -2.07. The molecule has 0 aliphatic rings. The molecule has 2 rings (SSSR count). The summed E-state index contributed by atoms with van der Waals surface area (Å²) in [6.45, 7) is 7.53. The van der Waals surface area contributed by atoms with Crippen LogP contribution in [0.1, 0.15) is 38.4 Å². The third-order valence-corrected chi connectivity index (χ3v) is 3.42. The van der Waals surface area contributed by atoms with Gasteiger partial charge in [0.15, 0.2) is 0 Å². The van der Waals surface area contributed by atoms with Gasteiger partial charge in [0, 0.05) is 20.3 Å². The molecule has 0 bridgehead atoms. The first kappa shape index (κ1) is 16.1. The lowest BCUT2D eigenvalue weighted by molar-refractivity contribution is 0.190. The number of aromatic nitrogens is 2.